The van der Waals surface area contributed by atoms with Crippen LogP contribution in [0, 0.1) is 0 Å². The van der Waals surface area contributed by atoms with Gasteiger partial charge in [-0.3, -0.25) is 0 Å². The summed E-state index contributed by atoms with van der Waals surface area (Å²) in [5, 5.41) is 0. The van der Waals surface area contributed by atoms with Gasteiger partial charge in [-0.1, -0.05) is 30.7 Å². The van der Waals surface area contributed by atoms with Gasteiger partial charge < -0.3 is 4.42 Å². The van der Waals surface area contributed by atoms with Crippen molar-refractivity contribution in [1.82, 2.24) is 4.98 Å². The average molecular weight is 229 g/mol. The van der Waals surface area contributed by atoms with Gasteiger partial charge in [0.2, 0.25) is 0 Å². The second-order valence-electron chi connectivity index (χ2n) is 4.24. The van der Waals surface area contributed by atoms with Gasteiger partial charge >= 0.3 is 0 Å². The largest absolute Gasteiger partial charge is 0.441 e. The first kappa shape index (κ1) is 11.9. The van der Waals surface area contributed by atoms with Gasteiger partial charge in [-0.15, -0.1) is 0 Å². The van der Waals surface area contributed by atoms with Crippen molar-refractivity contribution in [1.29, 1.82) is 0 Å². The molecule has 0 fully saturated rings. The molecule has 0 aliphatic carbocycles. The summed E-state index contributed by atoms with van der Waals surface area (Å²) in [6.45, 7) is 2.07. The Bertz CT molecular complexity index is 451. The van der Waals surface area contributed by atoms with E-state index in [1.54, 1.807) is 0 Å². The van der Waals surface area contributed by atoms with E-state index in [9.17, 15) is 0 Å². The molecule has 0 saturated heterocycles. The molecule has 17 heavy (non-hydrogen) atoms. The molecule has 1 aromatic heterocycles. The van der Waals surface area contributed by atoms with Crippen LogP contribution in [0.25, 0.3) is 11.1 Å². The second-order valence-corrected chi connectivity index (χ2v) is 4.24. The fourth-order valence-electron chi connectivity index (χ4n) is 1.91. The number of para-hydroxylation sites is 2. The first-order valence-corrected chi connectivity index (χ1v) is 6.36. The Morgan fingerprint density at radius 1 is 1.18 bits per heavy atom. The molecular weight excluding hydrogens is 210 g/mol. The highest BCUT2D eigenvalue weighted by molar-refractivity contribution is 5.72. The van der Waals surface area contributed by atoms with Crippen molar-refractivity contribution >= 4 is 11.1 Å². The van der Waals surface area contributed by atoms with Gasteiger partial charge in [0.1, 0.15) is 5.52 Å². The van der Waals surface area contributed by atoms with Crippen molar-refractivity contribution in [2.24, 2.45) is 0 Å². The summed E-state index contributed by atoms with van der Waals surface area (Å²) < 4.78 is 5.67. The molecule has 0 bridgehead atoms. The number of hydrogen-bond acceptors (Lipinski definition) is 2. The minimum absolute atomic E-state index is 0.872. The van der Waals surface area contributed by atoms with E-state index in [-0.39, 0.29) is 0 Å². The Morgan fingerprint density at radius 3 is 2.88 bits per heavy atom. The average Bonchev–Trinajstić information content (AvgIpc) is 2.76. The molecule has 0 amide bonds. The first-order valence-electron chi connectivity index (χ1n) is 6.36. The van der Waals surface area contributed by atoms with Crippen molar-refractivity contribution < 1.29 is 4.42 Å². The van der Waals surface area contributed by atoms with Crippen LogP contribution in [-0.4, -0.2) is 4.98 Å². The van der Waals surface area contributed by atoms with Crippen molar-refractivity contribution in [3.63, 3.8) is 0 Å². The van der Waals surface area contributed by atoms with Gasteiger partial charge in [-0.25, -0.2) is 4.98 Å². The van der Waals surface area contributed by atoms with Crippen LogP contribution in [0.5, 0.6) is 0 Å². The summed E-state index contributed by atoms with van der Waals surface area (Å²) in [7, 11) is 0. The van der Waals surface area contributed by atoms with Gasteiger partial charge in [0.15, 0.2) is 11.5 Å². The topological polar surface area (TPSA) is 26.0 Å². The van der Waals surface area contributed by atoms with E-state index in [4.69, 9.17) is 4.42 Å². The Balaban J connectivity index is 1.79. The molecule has 0 atom stereocenters. The fourth-order valence-corrected chi connectivity index (χ4v) is 1.91. The molecule has 1 heterocycles. The summed E-state index contributed by atoms with van der Waals surface area (Å²) in [5.41, 5.74) is 1.87. The molecule has 2 rings (SSSR count). The highest BCUT2D eigenvalue weighted by Crippen LogP contribution is 2.16. The Hall–Kier alpha value is -1.57. The van der Waals surface area contributed by atoms with Crippen molar-refractivity contribution in [2.45, 2.75) is 39.0 Å². The number of allylic oxidation sites excluding steroid dienone is 2. The summed E-state index contributed by atoms with van der Waals surface area (Å²) in [6, 6.07) is 7.94. The maximum Gasteiger partial charge on any atom is 0.195 e. The quantitative estimate of drug-likeness (QED) is 0.538. The molecule has 0 unspecified atom stereocenters. The molecule has 0 saturated carbocycles. The van der Waals surface area contributed by atoms with E-state index < -0.39 is 0 Å². The molecule has 2 nitrogen and oxygen atoms in total. The van der Waals surface area contributed by atoms with Crippen LogP contribution in [0.4, 0.5) is 0 Å². The molecule has 0 spiro atoms. The number of nitrogens with zero attached hydrogens (tertiary/aromatic N) is 1. The van der Waals surface area contributed by atoms with Gasteiger partial charge in [-0.05, 0) is 38.3 Å². The molecule has 90 valence electrons. The third kappa shape index (κ3) is 3.45. The van der Waals surface area contributed by atoms with Crippen molar-refractivity contribution in [2.75, 3.05) is 0 Å². The minimum Gasteiger partial charge on any atom is -0.441 e. The number of oxazole rings is 1. The number of aromatic nitrogens is 1. The lowest BCUT2D eigenvalue weighted by Crippen LogP contribution is -1.85. The maximum atomic E-state index is 5.67. The zero-order chi connectivity index (χ0) is 11.9. The number of rotatable bonds is 6. The van der Waals surface area contributed by atoms with Gasteiger partial charge in [0.25, 0.3) is 0 Å². The van der Waals surface area contributed by atoms with Gasteiger partial charge in [0, 0.05) is 6.42 Å². The molecule has 0 N–H and O–H groups in total. The molecule has 2 aromatic rings. The van der Waals surface area contributed by atoms with Crippen LogP contribution in [0.2, 0.25) is 0 Å². The predicted molar refractivity (Wildman–Crippen MR) is 71.0 cm³/mol. The van der Waals surface area contributed by atoms with Crippen LogP contribution in [0.3, 0.4) is 0 Å². The molecule has 0 aliphatic rings. The number of aryl methyl sites for hydroxylation is 1. The van der Waals surface area contributed by atoms with Crippen molar-refractivity contribution in [3.05, 3.63) is 42.3 Å². The van der Waals surface area contributed by atoms with E-state index >= 15 is 0 Å². The highest BCUT2D eigenvalue weighted by atomic mass is 16.3. The van der Waals surface area contributed by atoms with E-state index in [0.717, 1.165) is 29.8 Å². The van der Waals surface area contributed by atoms with Gasteiger partial charge in [0.05, 0.1) is 0 Å². The third-order valence-corrected chi connectivity index (χ3v) is 2.84. The lowest BCUT2D eigenvalue weighted by atomic mass is 10.1. The highest BCUT2D eigenvalue weighted by Gasteiger charge is 2.03. The summed E-state index contributed by atoms with van der Waals surface area (Å²) in [4.78, 5) is 4.47. The third-order valence-electron chi connectivity index (χ3n) is 2.84. The molecule has 0 aliphatic heterocycles. The molecule has 1 aromatic carbocycles. The molecular formula is C15H19NO. The normalized spacial score (nSPS) is 11.6. The minimum atomic E-state index is 0.872. The molecule has 0 radical (unpaired) electrons. The van der Waals surface area contributed by atoms with Crippen LogP contribution >= 0.6 is 0 Å². The van der Waals surface area contributed by atoms with E-state index in [1.807, 2.05) is 24.3 Å². The van der Waals surface area contributed by atoms with Crippen LogP contribution in [0.1, 0.15) is 38.5 Å². The predicted octanol–water partition coefficient (Wildman–Crippen LogP) is 4.51. The van der Waals surface area contributed by atoms with E-state index in [2.05, 4.69) is 24.1 Å². The van der Waals surface area contributed by atoms with Gasteiger partial charge in [-0.2, -0.15) is 0 Å². The zero-order valence-electron chi connectivity index (χ0n) is 10.4. The summed E-state index contributed by atoms with van der Waals surface area (Å²) in [5.74, 6) is 0.872. The standard InChI is InChI=1S/C15H19NO/c1-2-3-4-5-6-7-12-15-16-13-10-8-9-11-14(13)17-15/h2-3,8-11H,4-7,12H2,1H3/b3-2+. The SMILES string of the molecule is C/C=C/CCCCCc1nc2ccccc2o1. The zero-order valence-corrected chi connectivity index (χ0v) is 10.4. The Labute approximate surface area is 102 Å². The van der Waals surface area contributed by atoms with E-state index in [1.165, 1.54) is 19.3 Å². The number of unbranched alkanes of at least 4 members (excludes halogenated alkanes) is 3. The lowest BCUT2D eigenvalue weighted by molar-refractivity contribution is 0.510. The van der Waals surface area contributed by atoms with Crippen LogP contribution < -0.4 is 0 Å². The first-order chi connectivity index (χ1) is 8.40. The fraction of sp³-hybridized carbons (Fsp3) is 0.400. The van der Waals surface area contributed by atoms with Crippen molar-refractivity contribution in [3.8, 4) is 0 Å². The lowest BCUT2D eigenvalue weighted by Gasteiger charge is -1.95. The Morgan fingerprint density at radius 2 is 2.06 bits per heavy atom. The number of fused-ring (bicyclic) bond motifs is 1. The maximum absolute atomic E-state index is 5.67. The smallest absolute Gasteiger partial charge is 0.195 e. The summed E-state index contributed by atoms with van der Waals surface area (Å²) in [6.07, 6.45) is 10.1. The number of benzene rings is 1. The second kappa shape index (κ2) is 6.24. The van der Waals surface area contributed by atoms with E-state index in [0.29, 0.717) is 0 Å². The van der Waals surface area contributed by atoms with Crippen LogP contribution in [-0.2, 0) is 6.42 Å². The monoisotopic (exact) mass is 229 g/mol. The van der Waals surface area contributed by atoms with Crippen LogP contribution in [0.15, 0.2) is 40.8 Å². The molecule has 2 heteroatoms. The number of hydrogen-bond donors (Lipinski definition) is 0. The Kier molecular flexibility index (Phi) is 4.37. The summed E-state index contributed by atoms with van der Waals surface area (Å²) >= 11 is 0.